The van der Waals surface area contributed by atoms with Crippen LogP contribution < -0.4 is 20.7 Å². The molecule has 0 saturated carbocycles. The van der Waals surface area contributed by atoms with Gasteiger partial charge in [0.15, 0.2) is 0 Å². The van der Waals surface area contributed by atoms with Crippen LogP contribution in [0.1, 0.15) is 31.4 Å². The van der Waals surface area contributed by atoms with Crippen molar-refractivity contribution >= 4 is 40.1 Å². The van der Waals surface area contributed by atoms with Gasteiger partial charge in [-0.15, -0.1) is 11.8 Å². The summed E-state index contributed by atoms with van der Waals surface area (Å²) < 4.78 is 52.9. The minimum atomic E-state index is -4.45. The first-order chi connectivity index (χ1) is 21.2. The summed E-state index contributed by atoms with van der Waals surface area (Å²) in [5.41, 5.74) is 1.72. The number of hydrogen-bond acceptors (Lipinski definition) is 6. The third-order valence-corrected chi connectivity index (χ3v) is 8.82. The average Bonchev–Trinajstić information content (AvgIpc) is 3.36. The Labute approximate surface area is 260 Å². The van der Waals surface area contributed by atoms with Crippen LogP contribution in [-0.2, 0) is 11.3 Å². The maximum Gasteiger partial charge on any atom is 0.406 e. The Kier molecular flexibility index (Phi) is 10.5. The van der Waals surface area contributed by atoms with E-state index in [-0.39, 0.29) is 24.3 Å². The highest BCUT2D eigenvalue weighted by atomic mass is 32.2. The van der Waals surface area contributed by atoms with Crippen molar-refractivity contribution in [2.24, 2.45) is 0 Å². The number of likely N-dealkylation sites (tertiary alicyclic amines) is 1. The number of anilines is 2. The Balaban J connectivity index is 1.27. The summed E-state index contributed by atoms with van der Waals surface area (Å²) in [6, 6.07) is 12.5. The van der Waals surface area contributed by atoms with E-state index >= 15 is 0 Å². The van der Waals surface area contributed by atoms with Crippen molar-refractivity contribution in [1.29, 1.82) is 0 Å². The molecule has 2 amide bonds. The SMILES string of the molecule is COc1cc(SC)ccc1NCC#Cc1cc2c(NC(=O)NC3CCN(C4CCOCC4)CC3)cccc2n1CC(F)(F)F. The van der Waals surface area contributed by atoms with E-state index in [1.165, 1.54) is 0 Å². The van der Waals surface area contributed by atoms with Gasteiger partial charge >= 0.3 is 12.2 Å². The van der Waals surface area contributed by atoms with Gasteiger partial charge in [-0.25, -0.2) is 4.79 Å². The lowest BCUT2D eigenvalue weighted by Gasteiger charge is -2.39. The Morgan fingerprint density at radius 2 is 1.86 bits per heavy atom. The van der Waals surface area contributed by atoms with Gasteiger partial charge < -0.3 is 34.9 Å². The number of urea groups is 1. The van der Waals surface area contributed by atoms with Gasteiger partial charge in [-0.05, 0) is 74.3 Å². The molecule has 3 heterocycles. The van der Waals surface area contributed by atoms with E-state index in [2.05, 4.69) is 32.7 Å². The molecule has 5 rings (SSSR count). The van der Waals surface area contributed by atoms with E-state index in [0.29, 0.717) is 28.4 Å². The number of benzene rings is 2. The quantitative estimate of drug-likeness (QED) is 0.205. The predicted molar refractivity (Wildman–Crippen MR) is 169 cm³/mol. The Bertz CT molecular complexity index is 1500. The average molecular weight is 630 g/mol. The molecule has 236 valence electrons. The molecular formula is C32H38F3N5O3S. The molecule has 2 aliphatic rings. The van der Waals surface area contributed by atoms with E-state index in [1.54, 1.807) is 43.1 Å². The highest BCUT2D eigenvalue weighted by Gasteiger charge is 2.30. The smallest absolute Gasteiger partial charge is 0.406 e. The molecule has 0 bridgehead atoms. The fourth-order valence-electron chi connectivity index (χ4n) is 5.87. The van der Waals surface area contributed by atoms with E-state index < -0.39 is 12.7 Å². The maximum absolute atomic E-state index is 13.6. The molecular weight excluding hydrogens is 591 g/mol. The zero-order valence-corrected chi connectivity index (χ0v) is 25.7. The number of piperidine rings is 1. The molecule has 3 N–H and O–H groups in total. The molecule has 0 radical (unpaired) electrons. The zero-order chi connectivity index (χ0) is 31.1. The Morgan fingerprint density at radius 3 is 2.57 bits per heavy atom. The number of carbonyl (C=O) groups excluding carboxylic acids is 1. The van der Waals surface area contributed by atoms with Crippen molar-refractivity contribution in [2.75, 3.05) is 56.8 Å². The van der Waals surface area contributed by atoms with Crippen molar-refractivity contribution in [2.45, 2.75) is 55.4 Å². The summed E-state index contributed by atoms with van der Waals surface area (Å²) >= 11 is 1.59. The standard InChI is InChI=1S/C32H38F3N5O3S/c1-42-30-20-25(44-2)8-9-28(30)36-14-4-5-24-19-26-27(6-3-7-29(26)40(24)21-32(33,34)35)38-31(41)37-22-10-15-39(16-11-22)23-12-17-43-18-13-23/h3,6-9,19-20,22-23,36H,10-18,21H2,1-2H3,(H2,37,38,41). The normalized spacial score (nSPS) is 16.8. The molecule has 0 spiro atoms. The minimum Gasteiger partial charge on any atom is -0.495 e. The van der Waals surface area contributed by atoms with E-state index in [1.807, 2.05) is 24.5 Å². The van der Waals surface area contributed by atoms with E-state index in [9.17, 15) is 18.0 Å². The number of methoxy groups -OCH3 is 1. The molecule has 0 unspecified atom stereocenters. The van der Waals surface area contributed by atoms with Crippen molar-refractivity contribution in [3.05, 3.63) is 48.2 Å². The van der Waals surface area contributed by atoms with Gasteiger partial charge in [-0.1, -0.05) is 12.0 Å². The van der Waals surface area contributed by atoms with Gasteiger partial charge in [0.05, 0.1) is 36.2 Å². The third kappa shape index (κ3) is 8.14. The van der Waals surface area contributed by atoms with Crippen LogP contribution in [0.25, 0.3) is 10.9 Å². The second kappa shape index (κ2) is 14.5. The predicted octanol–water partition coefficient (Wildman–Crippen LogP) is 6.16. The molecule has 0 aliphatic carbocycles. The van der Waals surface area contributed by atoms with Crippen molar-refractivity contribution in [1.82, 2.24) is 14.8 Å². The molecule has 12 heteroatoms. The summed E-state index contributed by atoms with van der Waals surface area (Å²) in [7, 11) is 1.58. The van der Waals surface area contributed by atoms with Gasteiger partial charge in [0.1, 0.15) is 12.3 Å². The number of amides is 2. The topological polar surface area (TPSA) is 79.8 Å². The summed E-state index contributed by atoms with van der Waals surface area (Å²) in [4.78, 5) is 16.5. The van der Waals surface area contributed by atoms with Gasteiger partial charge in [-0.3, -0.25) is 0 Å². The van der Waals surface area contributed by atoms with Crippen LogP contribution in [0.5, 0.6) is 5.75 Å². The maximum atomic E-state index is 13.6. The molecule has 2 fully saturated rings. The van der Waals surface area contributed by atoms with Crippen LogP contribution in [0.15, 0.2) is 47.4 Å². The molecule has 44 heavy (non-hydrogen) atoms. The number of nitrogens with zero attached hydrogens (tertiary/aromatic N) is 2. The van der Waals surface area contributed by atoms with Crippen LogP contribution in [0.2, 0.25) is 0 Å². The van der Waals surface area contributed by atoms with Crippen LogP contribution >= 0.6 is 11.8 Å². The number of aromatic nitrogens is 1. The molecule has 2 saturated heterocycles. The Morgan fingerprint density at radius 1 is 1.09 bits per heavy atom. The van der Waals surface area contributed by atoms with Crippen molar-refractivity contribution in [3.63, 3.8) is 0 Å². The summed E-state index contributed by atoms with van der Waals surface area (Å²) in [6.45, 7) is 2.43. The van der Waals surface area contributed by atoms with Crippen molar-refractivity contribution in [3.8, 4) is 17.6 Å². The van der Waals surface area contributed by atoms with E-state index in [0.717, 1.165) is 67.1 Å². The molecule has 8 nitrogen and oxygen atoms in total. The number of halogens is 3. The van der Waals surface area contributed by atoms with Gasteiger partial charge in [-0.2, -0.15) is 13.2 Å². The number of alkyl halides is 3. The summed E-state index contributed by atoms with van der Waals surface area (Å²) in [5, 5.41) is 9.59. The van der Waals surface area contributed by atoms with Crippen molar-refractivity contribution < 1.29 is 27.4 Å². The second-order valence-electron chi connectivity index (χ2n) is 10.9. The largest absolute Gasteiger partial charge is 0.495 e. The molecule has 0 atom stereocenters. The second-order valence-corrected chi connectivity index (χ2v) is 11.8. The first-order valence-corrected chi connectivity index (χ1v) is 16.0. The zero-order valence-electron chi connectivity index (χ0n) is 24.9. The fourth-order valence-corrected chi connectivity index (χ4v) is 6.30. The molecule has 3 aromatic rings. The van der Waals surface area contributed by atoms with Crippen LogP contribution in [0.4, 0.5) is 29.3 Å². The van der Waals surface area contributed by atoms with Gasteiger partial charge in [0, 0.05) is 48.7 Å². The lowest BCUT2D eigenvalue weighted by Crippen LogP contribution is -2.49. The molecule has 2 aromatic carbocycles. The third-order valence-electron chi connectivity index (χ3n) is 8.10. The van der Waals surface area contributed by atoms with Gasteiger partial charge in [0.2, 0.25) is 0 Å². The minimum absolute atomic E-state index is 0.0320. The van der Waals surface area contributed by atoms with Crippen LogP contribution in [0.3, 0.4) is 0 Å². The first kappa shape index (κ1) is 31.9. The summed E-state index contributed by atoms with van der Waals surface area (Å²) in [5.74, 6) is 6.49. The Hall–Kier alpha value is -3.53. The van der Waals surface area contributed by atoms with Gasteiger partial charge in [0.25, 0.3) is 0 Å². The number of hydrogen-bond donors (Lipinski definition) is 3. The molecule has 1 aromatic heterocycles. The number of carbonyl (C=O) groups is 1. The van der Waals surface area contributed by atoms with E-state index in [4.69, 9.17) is 9.47 Å². The lowest BCUT2D eigenvalue weighted by atomic mass is 10.00. The number of thioether (sulfide) groups is 1. The molecule has 2 aliphatic heterocycles. The highest BCUT2D eigenvalue weighted by Crippen LogP contribution is 2.31. The van der Waals surface area contributed by atoms with Crippen LogP contribution in [-0.4, -0.2) is 80.0 Å². The summed E-state index contributed by atoms with van der Waals surface area (Å²) in [6.07, 6.45) is 1.30. The first-order valence-electron chi connectivity index (χ1n) is 14.8. The number of nitrogens with one attached hydrogen (secondary N) is 3. The van der Waals surface area contributed by atoms with Crippen LogP contribution in [0, 0.1) is 11.8 Å². The fraction of sp³-hybridized carbons (Fsp3) is 0.469. The number of rotatable bonds is 8. The number of fused-ring (bicyclic) bond motifs is 1. The highest BCUT2D eigenvalue weighted by molar-refractivity contribution is 7.98. The monoisotopic (exact) mass is 629 g/mol. The lowest BCUT2D eigenvalue weighted by molar-refractivity contribution is -0.140. The number of ether oxygens (including phenoxy) is 2.